The Bertz CT molecular complexity index is 542. The zero-order chi connectivity index (χ0) is 13.7. The Morgan fingerprint density at radius 1 is 1.26 bits per heavy atom. The van der Waals surface area contributed by atoms with Crippen LogP contribution in [0.1, 0.15) is 6.42 Å². The van der Waals surface area contributed by atoms with E-state index in [1.54, 1.807) is 0 Å². The van der Waals surface area contributed by atoms with E-state index in [1.807, 2.05) is 30.3 Å². The Kier molecular flexibility index (Phi) is 4.54. The number of hydrogen-bond acceptors (Lipinski definition) is 5. The molecule has 1 heterocycles. The van der Waals surface area contributed by atoms with Crippen LogP contribution in [0.4, 0.5) is 5.82 Å². The van der Waals surface area contributed by atoms with Crippen molar-refractivity contribution in [3.63, 3.8) is 0 Å². The minimum atomic E-state index is 0.636. The number of fused-ring (bicyclic) bond motifs is 1. The average Bonchev–Trinajstić information content (AvgIpc) is 2.43. The van der Waals surface area contributed by atoms with Gasteiger partial charge in [0, 0.05) is 11.9 Å². The van der Waals surface area contributed by atoms with Crippen molar-refractivity contribution in [1.82, 2.24) is 9.88 Å². The van der Waals surface area contributed by atoms with Crippen molar-refractivity contribution in [2.75, 3.05) is 32.7 Å². The van der Waals surface area contributed by atoms with Gasteiger partial charge in [-0.3, -0.25) is 0 Å². The Labute approximate surface area is 113 Å². The molecule has 0 bridgehead atoms. The molecule has 0 aliphatic rings. The molecular weight excluding hydrogens is 240 g/mol. The fraction of sp³-hybridized carbons (Fsp3) is 0.357. The maximum atomic E-state index is 5.81. The van der Waals surface area contributed by atoms with Crippen molar-refractivity contribution in [3.8, 4) is 5.75 Å². The summed E-state index contributed by atoms with van der Waals surface area (Å²) in [6.45, 7) is 1.69. The first-order valence-electron chi connectivity index (χ1n) is 6.34. The van der Waals surface area contributed by atoms with Gasteiger partial charge in [-0.2, -0.15) is 0 Å². The molecule has 0 radical (unpaired) electrons. The smallest absolute Gasteiger partial charge is 0.145 e. The zero-order valence-corrected chi connectivity index (χ0v) is 11.4. The molecule has 0 spiro atoms. The van der Waals surface area contributed by atoms with Crippen molar-refractivity contribution < 1.29 is 4.74 Å². The number of anilines is 1. The second-order valence-corrected chi connectivity index (χ2v) is 4.67. The molecule has 1 aromatic carbocycles. The normalized spacial score (nSPS) is 10.9. The van der Waals surface area contributed by atoms with Crippen molar-refractivity contribution in [2.24, 2.45) is 5.84 Å². The van der Waals surface area contributed by atoms with E-state index in [0.717, 1.165) is 29.6 Å². The standard InChI is InChI=1S/C14H20N4O/c1-18(2)9-4-10-19-12-6-3-5-11-7-8-13(17-15)16-14(11)12/h3,5-8H,4,9-10,15H2,1-2H3,(H,16,17). The largest absolute Gasteiger partial charge is 0.491 e. The number of rotatable bonds is 6. The lowest BCUT2D eigenvalue weighted by Crippen LogP contribution is -2.15. The summed E-state index contributed by atoms with van der Waals surface area (Å²) in [5.74, 6) is 6.82. The molecule has 0 fully saturated rings. The molecule has 0 atom stereocenters. The number of nitrogen functional groups attached to an aromatic ring is 1. The van der Waals surface area contributed by atoms with Crippen LogP contribution in [0.25, 0.3) is 10.9 Å². The molecule has 3 N–H and O–H groups in total. The molecule has 0 unspecified atom stereocenters. The summed E-state index contributed by atoms with van der Waals surface area (Å²) in [4.78, 5) is 6.58. The minimum Gasteiger partial charge on any atom is -0.491 e. The molecule has 0 amide bonds. The van der Waals surface area contributed by atoms with E-state index in [9.17, 15) is 0 Å². The first kappa shape index (κ1) is 13.6. The molecule has 2 rings (SSSR count). The molecule has 2 aromatic rings. The fourth-order valence-electron chi connectivity index (χ4n) is 1.88. The predicted octanol–water partition coefficient (Wildman–Crippen LogP) is 1.85. The van der Waals surface area contributed by atoms with E-state index in [4.69, 9.17) is 10.6 Å². The average molecular weight is 260 g/mol. The van der Waals surface area contributed by atoms with Crippen molar-refractivity contribution in [3.05, 3.63) is 30.3 Å². The Hall–Kier alpha value is -1.85. The number of nitrogens with zero attached hydrogens (tertiary/aromatic N) is 2. The lowest BCUT2D eigenvalue weighted by molar-refractivity contribution is 0.284. The van der Waals surface area contributed by atoms with Gasteiger partial charge in [0.1, 0.15) is 17.1 Å². The van der Waals surface area contributed by atoms with Gasteiger partial charge < -0.3 is 15.1 Å². The lowest BCUT2D eigenvalue weighted by atomic mass is 10.2. The second-order valence-electron chi connectivity index (χ2n) is 4.67. The van der Waals surface area contributed by atoms with Gasteiger partial charge in [0.15, 0.2) is 0 Å². The lowest BCUT2D eigenvalue weighted by Gasteiger charge is -2.12. The van der Waals surface area contributed by atoms with Gasteiger partial charge in [-0.15, -0.1) is 0 Å². The van der Waals surface area contributed by atoms with E-state index in [-0.39, 0.29) is 0 Å². The predicted molar refractivity (Wildman–Crippen MR) is 78.2 cm³/mol. The number of benzene rings is 1. The van der Waals surface area contributed by atoms with Gasteiger partial charge in [0.25, 0.3) is 0 Å². The van der Waals surface area contributed by atoms with Crippen molar-refractivity contribution in [1.29, 1.82) is 0 Å². The third kappa shape index (κ3) is 3.56. The van der Waals surface area contributed by atoms with Gasteiger partial charge in [0.05, 0.1) is 6.61 Å². The van der Waals surface area contributed by atoms with Gasteiger partial charge in [0.2, 0.25) is 0 Å². The highest BCUT2D eigenvalue weighted by Gasteiger charge is 2.04. The van der Waals surface area contributed by atoms with Crippen molar-refractivity contribution >= 4 is 16.7 Å². The van der Waals surface area contributed by atoms with Crippen LogP contribution < -0.4 is 16.0 Å². The van der Waals surface area contributed by atoms with Crippen LogP contribution in [-0.4, -0.2) is 37.1 Å². The molecule has 0 saturated heterocycles. The van der Waals surface area contributed by atoms with Gasteiger partial charge in [-0.25, -0.2) is 10.8 Å². The molecule has 5 heteroatoms. The Morgan fingerprint density at radius 3 is 2.84 bits per heavy atom. The van der Waals surface area contributed by atoms with Crippen molar-refractivity contribution in [2.45, 2.75) is 6.42 Å². The number of hydrazine groups is 1. The van der Waals surface area contributed by atoms with Gasteiger partial charge in [-0.1, -0.05) is 12.1 Å². The fourth-order valence-corrected chi connectivity index (χ4v) is 1.88. The summed E-state index contributed by atoms with van der Waals surface area (Å²) in [7, 11) is 4.11. The quantitative estimate of drug-likeness (QED) is 0.471. The minimum absolute atomic E-state index is 0.636. The monoisotopic (exact) mass is 260 g/mol. The number of para-hydroxylation sites is 1. The van der Waals surface area contributed by atoms with Gasteiger partial charge >= 0.3 is 0 Å². The number of aromatic nitrogens is 1. The summed E-state index contributed by atoms with van der Waals surface area (Å²) in [5.41, 5.74) is 3.39. The number of ether oxygens (including phenoxy) is 1. The Morgan fingerprint density at radius 2 is 2.11 bits per heavy atom. The second kappa shape index (κ2) is 6.36. The van der Waals surface area contributed by atoms with E-state index in [0.29, 0.717) is 12.4 Å². The van der Waals surface area contributed by atoms with Crippen LogP contribution in [0, 0.1) is 0 Å². The molecule has 0 aliphatic carbocycles. The van der Waals surface area contributed by atoms with E-state index < -0.39 is 0 Å². The first-order valence-corrected chi connectivity index (χ1v) is 6.34. The van der Waals surface area contributed by atoms with E-state index in [2.05, 4.69) is 29.4 Å². The molecule has 0 saturated carbocycles. The summed E-state index contributed by atoms with van der Waals surface area (Å²) in [6.07, 6.45) is 0.984. The summed E-state index contributed by atoms with van der Waals surface area (Å²) >= 11 is 0. The number of nitrogens with one attached hydrogen (secondary N) is 1. The van der Waals surface area contributed by atoms with E-state index >= 15 is 0 Å². The molecule has 102 valence electrons. The highest BCUT2D eigenvalue weighted by molar-refractivity contribution is 5.85. The molecule has 0 aliphatic heterocycles. The molecular formula is C14H20N4O. The maximum Gasteiger partial charge on any atom is 0.145 e. The van der Waals surface area contributed by atoms with Crippen LogP contribution in [0.3, 0.4) is 0 Å². The van der Waals surface area contributed by atoms with Crippen LogP contribution in [0.15, 0.2) is 30.3 Å². The molecule has 1 aromatic heterocycles. The number of pyridine rings is 1. The molecule has 19 heavy (non-hydrogen) atoms. The van der Waals surface area contributed by atoms with E-state index in [1.165, 1.54) is 0 Å². The Balaban J connectivity index is 2.13. The van der Waals surface area contributed by atoms with Crippen LogP contribution in [0.2, 0.25) is 0 Å². The van der Waals surface area contributed by atoms with Crippen LogP contribution >= 0.6 is 0 Å². The third-order valence-electron chi connectivity index (χ3n) is 2.84. The maximum absolute atomic E-state index is 5.81. The number of nitrogens with two attached hydrogens (primary N) is 1. The zero-order valence-electron chi connectivity index (χ0n) is 11.4. The first-order chi connectivity index (χ1) is 9.20. The third-order valence-corrected chi connectivity index (χ3v) is 2.84. The summed E-state index contributed by atoms with van der Waals surface area (Å²) < 4.78 is 5.81. The van der Waals surface area contributed by atoms with Crippen LogP contribution in [-0.2, 0) is 0 Å². The highest BCUT2D eigenvalue weighted by atomic mass is 16.5. The number of hydrogen-bond donors (Lipinski definition) is 2. The van der Waals surface area contributed by atoms with Gasteiger partial charge in [-0.05, 0) is 38.7 Å². The summed E-state index contributed by atoms with van der Waals surface area (Å²) in [5, 5.41) is 1.05. The summed E-state index contributed by atoms with van der Waals surface area (Å²) in [6, 6.07) is 9.74. The highest BCUT2D eigenvalue weighted by Crippen LogP contribution is 2.25. The molecule has 5 nitrogen and oxygen atoms in total. The SMILES string of the molecule is CN(C)CCCOc1cccc2ccc(NN)nc12. The topological polar surface area (TPSA) is 63.4 Å². The van der Waals surface area contributed by atoms with Crippen LogP contribution in [0.5, 0.6) is 5.75 Å².